The average molecular weight is 557 g/mol. The Balaban J connectivity index is 1.14. The number of carbonyl (C=O) groups is 3. The molecule has 1 saturated heterocycles. The highest BCUT2D eigenvalue weighted by Gasteiger charge is 2.59. The maximum Gasteiger partial charge on any atom is 0.332 e. The van der Waals surface area contributed by atoms with Crippen molar-refractivity contribution in [3.05, 3.63) is 126 Å². The summed E-state index contributed by atoms with van der Waals surface area (Å²) in [6.07, 6.45) is 0.634. The number of aromatic nitrogens is 1. The van der Waals surface area contributed by atoms with Crippen molar-refractivity contribution in [2.75, 3.05) is 16.8 Å². The van der Waals surface area contributed by atoms with Crippen LogP contribution in [-0.2, 0) is 23.4 Å². The molecule has 1 fully saturated rings. The highest BCUT2D eigenvalue weighted by molar-refractivity contribution is 6.26. The van der Waals surface area contributed by atoms with E-state index >= 15 is 0 Å². The molecule has 4 aromatic carbocycles. The molecule has 0 aliphatic carbocycles. The minimum Gasteiger partial charge on any atom is -0.489 e. The summed E-state index contributed by atoms with van der Waals surface area (Å²) in [5.74, 6) is -0.141. The highest BCUT2D eigenvalue weighted by Crippen LogP contribution is 2.45. The van der Waals surface area contributed by atoms with Crippen molar-refractivity contribution in [1.82, 2.24) is 9.88 Å². The number of nitrogens with zero attached hydrogens (tertiary/aromatic N) is 2. The molecule has 7 rings (SSSR count). The van der Waals surface area contributed by atoms with Crippen LogP contribution < -0.4 is 15.0 Å². The Morgan fingerprint density at radius 2 is 1.62 bits per heavy atom. The molecule has 0 saturated carbocycles. The smallest absolute Gasteiger partial charge is 0.332 e. The first-order valence-corrected chi connectivity index (χ1v) is 13.9. The molecule has 2 N–H and O–H groups in total. The number of urea groups is 1. The predicted molar refractivity (Wildman–Crippen MR) is 161 cm³/mol. The molecular formula is C34H28N4O4. The number of fused-ring (bicyclic) bond motifs is 5. The van der Waals surface area contributed by atoms with Gasteiger partial charge in [0.15, 0.2) is 5.54 Å². The van der Waals surface area contributed by atoms with Gasteiger partial charge in [0.2, 0.25) is 0 Å². The van der Waals surface area contributed by atoms with E-state index in [4.69, 9.17) is 4.74 Å². The van der Waals surface area contributed by atoms with Gasteiger partial charge in [0.25, 0.3) is 11.8 Å². The number of imide groups is 1. The summed E-state index contributed by atoms with van der Waals surface area (Å²) in [4.78, 5) is 47.6. The molecule has 4 amide bonds. The Morgan fingerprint density at radius 3 is 2.43 bits per heavy atom. The third-order valence-corrected chi connectivity index (χ3v) is 8.22. The molecule has 0 radical (unpaired) electrons. The highest BCUT2D eigenvalue weighted by atomic mass is 16.5. The van der Waals surface area contributed by atoms with Crippen LogP contribution in [0.15, 0.2) is 103 Å². The number of amides is 4. The Bertz CT molecular complexity index is 1850. The topological polar surface area (TPSA) is 94.7 Å². The number of H-pyrrole nitrogens is 1. The van der Waals surface area contributed by atoms with Gasteiger partial charge in [0.05, 0.1) is 16.9 Å². The zero-order valence-electron chi connectivity index (χ0n) is 23.0. The van der Waals surface area contributed by atoms with E-state index in [1.807, 2.05) is 54.6 Å². The van der Waals surface area contributed by atoms with E-state index in [9.17, 15) is 14.4 Å². The van der Waals surface area contributed by atoms with Crippen LogP contribution in [0.3, 0.4) is 0 Å². The molecule has 1 aromatic heterocycles. The van der Waals surface area contributed by atoms with Gasteiger partial charge in [0, 0.05) is 23.1 Å². The molecule has 2 aliphatic heterocycles. The number of hydrogen-bond acceptors (Lipinski definition) is 4. The number of benzene rings is 4. The average Bonchev–Trinajstić information content (AvgIpc) is 3.50. The molecule has 208 valence electrons. The largest absolute Gasteiger partial charge is 0.489 e. The summed E-state index contributed by atoms with van der Waals surface area (Å²) in [5, 5.41) is 3.95. The second-order valence-corrected chi connectivity index (χ2v) is 10.7. The first-order chi connectivity index (χ1) is 20.4. The van der Waals surface area contributed by atoms with Gasteiger partial charge >= 0.3 is 6.03 Å². The van der Waals surface area contributed by atoms with Crippen molar-refractivity contribution in [1.29, 1.82) is 0 Å². The summed E-state index contributed by atoms with van der Waals surface area (Å²) in [5.41, 5.74) is 3.60. The lowest BCUT2D eigenvalue weighted by Crippen LogP contribution is -2.49. The quantitative estimate of drug-likeness (QED) is 0.242. The number of anilines is 2. The minimum atomic E-state index is -1.21. The fourth-order valence-corrected chi connectivity index (χ4v) is 6.04. The van der Waals surface area contributed by atoms with E-state index in [1.165, 1.54) is 0 Å². The van der Waals surface area contributed by atoms with Crippen molar-refractivity contribution in [2.24, 2.45) is 0 Å². The zero-order valence-corrected chi connectivity index (χ0v) is 23.0. The summed E-state index contributed by atoms with van der Waals surface area (Å²) >= 11 is 0. The third-order valence-electron chi connectivity index (χ3n) is 8.22. The Kier molecular flexibility index (Phi) is 6.04. The van der Waals surface area contributed by atoms with Crippen LogP contribution in [0.1, 0.15) is 34.1 Å². The number of nitrogens with one attached hydrogen (secondary N) is 2. The van der Waals surface area contributed by atoms with Crippen LogP contribution in [0, 0.1) is 0 Å². The number of ether oxygens (including phenoxy) is 1. The second-order valence-electron chi connectivity index (χ2n) is 10.7. The van der Waals surface area contributed by atoms with Crippen molar-refractivity contribution in [3.63, 3.8) is 0 Å². The van der Waals surface area contributed by atoms with Crippen molar-refractivity contribution < 1.29 is 19.1 Å². The lowest BCUT2D eigenvalue weighted by molar-refractivity contribution is -0.125. The lowest BCUT2D eigenvalue weighted by Gasteiger charge is -2.35. The van der Waals surface area contributed by atoms with Gasteiger partial charge in [-0.1, -0.05) is 60.7 Å². The first-order valence-electron chi connectivity index (χ1n) is 13.9. The van der Waals surface area contributed by atoms with Crippen molar-refractivity contribution >= 4 is 40.1 Å². The fraction of sp³-hybridized carbons (Fsp3) is 0.147. The van der Waals surface area contributed by atoms with E-state index in [-0.39, 0.29) is 17.2 Å². The lowest BCUT2D eigenvalue weighted by atomic mass is 9.87. The molecular weight excluding hydrogens is 528 g/mol. The minimum absolute atomic E-state index is 0.226. The van der Waals surface area contributed by atoms with Crippen LogP contribution in [0.2, 0.25) is 0 Å². The van der Waals surface area contributed by atoms with E-state index in [1.54, 1.807) is 60.4 Å². The van der Waals surface area contributed by atoms with Crippen LogP contribution >= 0.6 is 0 Å². The van der Waals surface area contributed by atoms with Gasteiger partial charge in [-0.3, -0.25) is 9.59 Å². The van der Waals surface area contributed by atoms with Gasteiger partial charge < -0.3 is 19.9 Å². The molecule has 5 aromatic rings. The van der Waals surface area contributed by atoms with Crippen LogP contribution in [0.25, 0.3) is 10.9 Å². The van der Waals surface area contributed by atoms with Crippen molar-refractivity contribution in [2.45, 2.75) is 25.5 Å². The van der Waals surface area contributed by atoms with E-state index in [0.29, 0.717) is 31.0 Å². The number of aromatic amines is 1. The summed E-state index contributed by atoms with van der Waals surface area (Å²) < 4.78 is 5.85. The zero-order chi connectivity index (χ0) is 28.8. The van der Waals surface area contributed by atoms with E-state index < -0.39 is 17.5 Å². The van der Waals surface area contributed by atoms with Gasteiger partial charge in [-0.2, -0.15) is 0 Å². The third kappa shape index (κ3) is 4.03. The maximum atomic E-state index is 14.1. The van der Waals surface area contributed by atoms with Gasteiger partial charge in [-0.05, 0) is 66.9 Å². The SMILES string of the molecule is C[C@]12C(=O)N(c3ccccc3C(=O)Nc3ccc(OCc4ccccc4)cc3)C(=O)N1CCc1c2[nH]c2ccccc12. The Hall–Kier alpha value is -5.37. The van der Waals surface area contributed by atoms with Crippen LogP contribution in [0.4, 0.5) is 16.2 Å². The van der Waals surface area contributed by atoms with E-state index in [2.05, 4.69) is 10.3 Å². The Morgan fingerprint density at radius 1 is 0.905 bits per heavy atom. The van der Waals surface area contributed by atoms with Gasteiger partial charge in [-0.25, -0.2) is 9.69 Å². The maximum absolute atomic E-state index is 14.1. The fourth-order valence-electron chi connectivity index (χ4n) is 6.04. The molecule has 3 heterocycles. The first kappa shape index (κ1) is 25.6. The second kappa shape index (κ2) is 9.92. The number of hydrogen-bond donors (Lipinski definition) is 2. The number of rotatable bonds is 6. The van der Waals surface area contributed by atoms with Gasteiger partial charge in [0.1, 0.15) is 12.4 Å². The molecule has 42 heavy (non-hydrogen) atoms. The monoisotopic (exact) mass is 556 g/mol. The molecule has 2 aliphatic rings. The normalized spacial score (nSPS) is 17.7. The predicted octanol–water partition coefficient (Wildman–Crippen LogP) is 6.24. The number of para-hydroxylation sites is 2. The molecule has 8 heteroatoms. The number of carbonyl (C=O) groups excluding carboxylic acids is 3. The molecule has 1 atom stereocenters. The Labute approximate surface area is 242 Å². The summed E-state index contributed by atoms with van der Waals surface area (Å²) in [6.45, 7) is 2.62. The summed E-state index contributed by atoms with van der Waals surface area (Å²) in [6, 6.07) is 31.1. The van der Waals surface area contributed by atoms with Crippen molar-refractivity contribution in [3.8, 4) is 5.75 Å². The summed E-state index contributed by atoms with van der Waals surface area (Å²) in [7, 11) is 0. The van der Waals surface area contributed by atoms with Gasteiger partial charge in [-0.15, -0.1) is 0 Å². The standard InChI is InChI=1S/C34H28N4O4/c1-34-30-26(25-11-5-7-13-28(25)36-30)19-20-37(34)33(41)38(32(34)40)29-14-8-6-12-27(29)31(39)35-23-15-17-24(18-16-23)42-21-22-9-3-2-4-10-22/h2-18,36H,19-21H2,1H3,(H,35,39)/t34-/m0/s1. The van der Waals surface area contributed by atoms with E-state index in [0.717, 1.165) is 32.6 Å². The van der Waals surface area contributed by atoms with Crippen LogP contribution in [0.5, 0.6) is 5.75 Å². The molecule has 8 nitrogen and oxygen atoms in total. The van der Waals surface area contributed by atoms with Crippen LogP contribution in [-0.4, -0.2) is 34.3 Å². The molecule has 0 unspecified atom stereocenters. The molecule has 0 spiro atoms. The molecule has 0 bridgehead atoms.